The second-order valence-electron chi connectivity index (χ2n) is 3.74. The number of furan rings is 1. The van der Waals surface area contributed by atoms with Crippen LogP contribution < -0.4 is 11.2 Å². The van der Waals surface area contributed by atoms with Crippen molar-refractivity contribution in [2.24, 2.45) is 17.9 Å². The second-order valence-corrected chi connectivity index (χ2v) is 4.18. The van der Waals surface area contributed by atoms with Crippen LogP contribution in [0.15, 0.2) is 27.8 Å². The van der Waals surface area contributed by atoms with Gasteiger partial charge in [0.15, 0.2) is 10.9 Å². The van der Waals surface area contributed by atoms with E-state index in [1.807, 2.05) is 0 Å². The quantitative estimate of drug-likeness (QED) is 0.369. The van der Waals surface area contributed by atoms with Gasteiger partial charge in [-0.25, -0.2) is 0 Å². The van der Waals surface area contributed by atoms with Crippen LogP contribution in [-0.2, 0) is 7.05 Å². The molecule has 0 unspecified atom stereocenters. The molecule has 0 fully saturated rings. The van der Waals surface area contributed by atoms with E-state index in [2.05, 4.69) is 27.8 Å². The van der Waals surface area contributed by atoms with Crippen molar-refractivity contribution in [1.82, 2.24) is 15.2 Å². The highest BCUT2D eigenvalue weighted by molar-refractivity contribution is 7.80. The van der Waals surface area contributed by atoms with Crippen LogP contribution in [0.3, 0.4) is 0 Å². The molecular weight excluding hydrogens is 284 g/mol. The molecule has 20 heavy (non-hydrogen) atoms. The number of aryl methyl sites for hydroxylation is 1. The van der Waals surface area contributed by atoms with Crippen LogP contribution in [0.5, 0.6) is 0 Å². The molecule has 0 bridgehead atoms. The summed E-state index contributed by atoms with van der Waals surface area (Å²) in [6.07, 6.45) is 3.12. The van der Waals surface area contributed by atoms with Crippen LogP contribution in [-0.4, -0.2) is 26.0 Å². The Morgan fingerprint density at radius 1 is 1.70 bits per heavy atom. The molecule has 0 aliphatic heterocycles. The molecule has 10 heteroatoms. The first-order chi connectivity index (χ1) is 9.47. The maximum Gasteiger partial charge on any atom is 0.433 e. The number of thiocarbonyl (C=S) groups is 1. The van der Waals surface area contributed by atoms with E-state index in [0.29, 0.717) is 11.3 Å². The first kappa shape index (κ1) is 13.7. The van der Waals surface area contributed by atoms with Gasteiger partial charge in [0.05, 0.1) is 12.3 Å². The molecule has 0 atom stereocenters. The minimum absolute atomic E-state index is 0.0281. The van der Waals surface area contributed by atoms with E-state index in [4.69, 9.17) is 10.2 Å². The lowest BCUT2D eigenvalue weighted by Crippen LogP contribution is -2.23. The molecule has 9 nitrogen and oxygen atoms in total. The maximum absolute atomic E-state index is 10.6. The molecule has 2 aromatic rings. The minimum Gasteiger partial charge on any atom is -0.399 e. The van der Waals surface area contributed by atoms with E-state index in [0.717, 1.165) is 0 Å². The zero-order valence-electron chi connectivity index (χ0n) is 10.3. The summed E-state index contributed by atoms with van der Waals surface area (Å²) in [7, 11) is 1.71. The Morgan fingerprint density at radius 2 is 2.45 bits per heavy atom. The summed E-state index contributed by atoms with van der Waals surface area (Å²) in [5.41, 5.74) is 8.67. The van der Waals surface area contributed by atoms with E-state index < -0.39 is 4.92 Å². The normalized spacial score (nSPS) is 10.8. The molecule has 0 amide bonds. The average Bonchev–Trinajstić information content (AvgIpc) is 2.95. The third-order valence-corrected chi connectivity index (χ3v) is 2.33. The van der Waals surface area contributed by atoms with Crippen molar-refractivity contribution in [3.63, 3.8) is 0 Å². The SMILES string of the molecule is Cn1cc(/C=N/NC(N)=S)c(-c2ccc([N+](=O)[O-])o2)n1. The summed E-state index contributed by atoms with van der Waals surface area (Å²) in [4.78, 5) is 9.99. The number of nitrogens with two attached hydrogens (primary N) is 1. The standard InChI is InChI=1S/C10H10N6O3S/c1-15-5-6(4-12-13-10(11)20)9(14-15)7-2-3-8(19-7)16(17)18/h2-5H,1H3,(H3,11,13,20)/b12-4+. The second kappa shape index (κ2) is 5.48. The van der Waals surface area contributed by atoms with Crippen LogP contribution in [0.2, 0.25) is 0 Å². The third-order valence-electron chi connectivity index (χ3n) is 2.24. The Morgan fingerprint density at radius 3 is 3.05 bits per heavy atom. The average molecular weight is 294 g/mol. The molecule has 2 heterocycles. The summed E-state index contributed by atoms with van der Waals surface area (Å²) in [5.74, 6) is -0.0797. The molecule has 0 aromatic carbocycles. The van der Waals surface area contributed by atoms with Crippen molar-refractivity contribution in [3.8, 4) is 11.5 Å². The van der Waals surface area contributed by atoms with E-state index in [1.54, 1.807) is 13.2 Å². The number of nitrogens with zero attached hydrogens (tertiary/aromatic N) is 4. The molecule has 0 saturated carbocycles. The number of aromatic nitrogens is 2. The fourth-order valence-corrected chi connectivity index (χ4v) is 1.56. The molecular formula is C10H10N6O3S. The Bertz CT molecular complexity index is 689. The van der Waals surface area contributed by atoms with Gasteiger partial charge in [-0.2, -0.15) is 10.2 Å². The van der Waals surface area contributed by atoms with Crippen LogP contribution in [0.25, 0.3) is 11.5 Å². The van der Waals surface area contributed by atoms with E-state index in [-0.39, 0.29) is 16.8 Å². The molecule has 0 saturated heterocycles. The van der Waals surface area contributed by atoms with Crippen molar-refractivity contribution in [2.45, 2.75) is 0 Å². The zero-order chi connectivity index (χ0) is 14.7. The molecule has 104 valence electrons. The van der Waals surface area contributed by atoms with Crippen LogP contribution >= 0.6 is 12.2 Å². The van der Waals surface area contributed by atoms with Gasteiger partial charge in [-0.3, -0.25) is 20.2 Å². The number of rotatable bonds is 4. The Balaban J connectivity index is 2.33. The lowest BCUT2D eigenvalue weighted by molar-refractivity contribution is -0.401. The van der Waals surface area contributed by atoms with E-state index in [9.17, 15) is 10.1 Å². The van der Waals surface area contributed by atoms with Crippen molar-refractivity contribution in [2.75, 3.05) is 0 Å². The van der Waals surface area contributed by atoms with Crippen molar-refractivity contribution >= 4 is 29.4 Å². The number of nitrogens with one attached hydrogen (secondary N) is 1. The third kappa shape index (κ3) is 2.98. The lowest BCUT2D eigenvalue weighted by atomic mass is 10.2. The fourth-order valence-electron chi connectivity index (χ4n) is 1.51. The zero-order valence-corrected chi connectivity index (χ0v) is 11.1. The Kier molecular flexibility index (Phi) is 3.75. The molecule has 2 aromatic heterocycles. The lowest BCUT2D eigenvalue weighted by Gasteiger charge is -1.94. The monoisotopic (exact) mass is 294 g/mol. The van der Waals surface area contributed by atoms with Crippen LogP contribution in [0.1, 0.15) is 5.56 Å². The summed E-state index contributed by atoms with van der Waals surface area (Å²) in [6.45, 7) is 0. The number of hydrogen-bond acceptors (Lipinski definition) is 6. The molecule has 0 spiro atoms. The van der Waals surface area contributed by atoms with E-state index in [1.165, 1.54) is 23.0 Å². The molecule has 0 aliphatic rings. The summed E-state index contributed by atoms with van der Waals surface area (Å²) >= 11 is 4.61. The van der Waals surface area contributed by atoms with Gasteiger partial charge in [0.25, 0.3) is 0 Å². The van der Waals surface area contributed by atoms with Gasteiger partial charge in [-0.15, -0.1) is 0 Å². The smallest absolute Gasteiger partial charge is 0.399 e. The first-order valence-electron chi connectivity index (χ1n) is 5.34. The van der Waals surface area contributed by atoms with Crippen LogP contribution in [0, 0.1) is 10.1 Å². The highest BCUT2D eigenvalue weighted by Gasteiger charge is 2.17. The van der Waals surface area contributed by atoms with Gasteiger partial charge in [-0.05, 0) is 18.3 Å². The minimum atomic E-state index is -0.616. The van der Waals surface area contributed by atoms with Gasteiger partial charge in [-0.1, -0.05) is 0 Å². The molecule has 0 aliphatic carbocycles. The fraction of sp³-hybridized carbons (Fsp3) is 0.100. The Hall–Kier alpha value is -2.75. The van der Waals surface area contributed by atoms with Crippen molar-refractivity contribution in [1.29, 1.82) is 0 Å². The topological polar surface area (TPSA) is 125 Å². The number of hydrogen-bond donors (Lipinski definition) is 2. The highest BCUT2D eigenvalue weighted by Crippen LogP contribution is 2.26. The van der Waals surface area contributed by atoms with Gasteiger partial charge in [0.1, 0.15) is 10.6 Å². The summed E-state index contributed by atoms with van der Waals surface area (Å²) in [6, 6.07) is 2.73. The van der Waals surface area contributed by atoms with Gasteiger partial charge in [0.2, 0.25) is 0 Å². The molecule has 3 N–H and O–H groups in total. The largest absolute Gasteiger partial charge is 0.433 e. The van der Waals surface area contributed by atoms with E-state index >= 15 is 0 Å². The number of nitro groups is 1. The van der Waals surface area contributed by atoms with Crippen LogP contribution in [0.4, 0.5) is 5.88 Å². The predicted octanol–water partition coefficient (Wildman–Crippen LogP) is 0.755. The number of hydrazone groups is 1. The predicted molar refractivity (Wildman–Crippen MR) is 75.1 cm³/mol. The Labute approximate surface area is 118 Å². The van der Waals surface area contributed by atoms with Crippen molar-refractivity contribution in [3.05, 3.63) is 34.0 Å². The first-order valence-corrected chi connectivity index (χ1v) is 5.75. The molecule has 0 radical (unpaired) electrons. The summed E-state index contributed by atoms with van der Waals surface area (Å²) in [5, 5.41) is 18.6. The maximum atomic E-state index is 10.6. The van der Waals surface area contributed by atoms with Crippen molar-refractivity contribution < 1.29 is 9.34 Å². The van der Waals surface area contributed by atoms with Gasteiger partial charge < -0.3 is 10.2 Å². The van der Waals surface area contributed by atoms with Gasteiger partial charge >= 0.3 is 5.88 Å². The highest BCUT2D eigenvalue weighted by atomic mass is 32.1. The van der Waals surface area contributed by atoms with Gasteiger partial charge in [0, 0.05) is 18.8 Å². The molecule has 2 rings (SSSR count). The summed E-state index contributed by atoms with van der Waals surface area (Å²) < 4.78 is 6.64.